The Morgan fingerprint density at radius 2 is 1.83 bits per heavy atom. The maximum atomic E-state index is 12.1. The smallest absolute Gasteiger partial charge is 0.328 e. The van der Waals surface area contributed by atoms with Crippen molar-refractivity contribution in [3.63, 3.8) is 0 Å². The Kier molecular flexibility index (Phi) is 7.68. The molecular weight excluding hydrogens is 388 g/mol. The van der Waals surface area contributed by atoms with E-state index < -0.39 is 23.4 Å². The number of aromatic nitrogens is 2. The van der Waals surface area contributed by atoms with Gasteiger partial charge >= 0.3 is 11.7 Å². The van der Waals surface area contributed by atoms with Crippen LogP contribution in [0.5, 0.6) is 0 Å². The van der Waals surface area contributed by atoms with Gasteiger partial charge in [0.1, 0.15) is 17.9 Å². The van der Waals surface area contributed by atoms with E-state index in [0.29, 0.717) is 5.92 Å². The Labute approximate surface area is 175 Å². The van der Waals surface area contributed by atoms with Crippen LogP contribution in [0.3, 0.4) is 0 Å². The molecule has 9 heteroatoms. The Balaban J connectivity index is 1.84. The Morgan fingerprint density at radius 3 is 2.37 bits per heavy atom. The number of carbonyl (C=O) groups excluding carboxylic acids is 2. The van der Waals surface area contributed by atoms with Crippen LogP contribution in [-0.2, 0) is 27.3 Å². The second-order valence-corrected chi connectivity index (χ2v) is 7.72. The van der Waals surface area contributed by atoms with Gasteiger partial charge in [0.15, 0.2) is 6.61 Å². The third-order valence-corrected chi connectivity index (χ3v) is 4.67. The average Bonchev–Trinajstić information content (AvgIpc) is 2.93. The van der Waals surface area contributed by atoms with Gasteiger partial charge in [-0.2, -0.15) is 5.10 Å². The normalized spacial score (nSPS) is 11.9. The largest absolute Gasteiger partial charge is 0.454 e. The fourth-order valence-corrected chi connectivity index (χ4v) is 3.20. The van der Waals surface area contributed by atoms with Crippen molar-refractivity contribution in [1.29, 1.82) is 0 Å². The maximum absolute atomic E-state index is 12.1. The van der Waals surface area contributed by atoms with E-state index in [1.165, 1.54) is 24.1 Å². The predicted molar refractivity (Wildman–Crippen MR) is 111 cm³/mol. The number of nitro groups is 1. The number of amides is 1. The topological polar surface area (TPSA) is 116 Å². The maximum Gasteiger partial charge on any atom is 0.328 e. The third-order valence-electron chi connectivity index (χ3n) is 4.67. The van der Waals surface area contributed by atoms with Crippen molar-refractivity contribution >= 4 is 17.6 Å². The SMILES string of the molecule is Cc1nn(CC(=O)OCC(=O)N[C@H](C)c2ccc(CC(C)C)cc2)c(C)c1[N+](=O)[O-]. The molecule has 0 radical (unpaired) electrons. The minimum absolute atomic E-state index is 0.131. The number of benzene rings is 1. The van der Waals surface area contributed by atoms with E-state index in [9.17, 15) is 19.7 Å². The molecule has 1 amide bonds. The van der Waals surface area contributed by atoms with Gasteiger partial charge in [0.25, 0.3) is 5.91 Å². The Morgan fingerprint density at radius 1 is 1.20 bits per heavy atom. The van der Waals surface area contributed by atoms with Crippen LogP contribution < -0.4 is 5.32 Å². The van der Waals surface area contributed by atoms with Gasteiger partial charge in [-0.05, 0) is 44.2 Å². The minimum atomic E-state index is -0.698. The molecule has 0 saturated heterocycles. The average molecular weight is 416 g/mol. The second kappa shape index (κ2) is 10.00. The summed E-state index contributed by atoms with van der Waals surface area (Å²) < 4.78 is 6.19. The van der Waals surface area contributed by atoms with Crippen LogP contribution in [0.2, 0.25) is 0 Å². The molecular formula is C21H28N4O5. The lowest BCUT2D eigenvalue weighted by molar-refractivity contribution is -0.386. The minimum Gasteiger partial charge on any atom is -0.454 e. The predicted octanol–water partition coefficient (Wildman–Crippen LogP) is 3.03. The summed E-state index contributed by atoms with van der Waals surface area (Å²) in [5.41, 5.74) is 2.54. The number of nitrogens with zero attached hydrogens (tertiary/aromatic N) is 3. The van der Waals surface area contributed by atoms with Crippen molar-refractivity contribution in [2.24, 2.45) is 5.92 Å². The third kappa shape index (κ3) is 6.13. The van der Waals surface area contributed by atoms with E-state index in [2.05, 4.69) is 24.3 Å². The lowest BCUT2D eigenvalue weighted by Crippen LogP contribution is -2.31. The van der Waals surface area contributed by atoms with E-state index in [-0.39, 0.29) is 29.7 Å². The summed E-state index contributed by atoms with van der Waals surface area (Å²) in [6, 6.07) is 7.81. The highest BCUT2D eigenvalue weighted by Crippen LogP contribution is 2.21. The first-order valence-corrected chi connectivity index (χ1v) is 9.80. The molecule has 2 aromatic rings. The molecule has 0 spiro atoms. The van der Waals surface area contributed by atoms with Crippen molar-refractivity contribution in [2.45, 2.75) is 53.6 Å². The van der Waals surface area contributed by atoms with E-state index in [4.69, 9.17) is 4.74 Å². The molecule has 0 saturated carbocycles. The summed E-state index contributed by atoms with van der Waals surface area (Å²) in [5.74, 6) is -0.555. The Bertz CT molecular complexity index is 918. The van der Waals surface area contributed by atoms with Crippen molar-refractivity contribution in [2.75, 3.05) is 6.61 Å². The van der Waals surface area contributed by atoms with E-state index >= 15 is 0 Å². The van der Waals surface area contributed by atoms with Gasteiger partial charge in [0.2, 0.25) is 0 Å². The molecule has 1 N–H and O–H groups in total. The molecule has 0 bridgehead atoms. The number of hydrogen-bond acceptors (Lipinski definition) is 6. The van der Waals surface area contributed by atoms with Crippen LogP contribution in [0.15, 0.2) is 24.3 Å². The molecule has 162 valence electrons. The van der Waals surface area contributed by atoms with Crippen LogP contribution in [0.1, 0.15) is 49.3 Å². The standard InChI is InChI=1S/C21H28N4O5/c1-13(2)10-17-6-8-18(9-7-17)14(3)22-19(26)12-30-20(27)11-24-16(5)21(25(28)29)15(4)23-24/h6-9,13-14H,10-12H2,1-5H3,(H,22,26)/t14-/m1/s1. The molecule has 0 unspecified atom stereocenters. The van der Waals surface area contributed by atoms with E-state index in [1.807, 2.05) is 31.2 Å². The zero-order valence-electron chi connectivity index (χ0n) is 18.0. The van der Waals surface area contributed by atoms with E-state index in [0.717, 1.165) is 12.0 Å². The number of nitrogens with one attached hydrogen (secondary N) is 1. The first-order valence-electron chi connectivity index (χ1n) is 9.80. The van der Waals surface area contributed by atoms with Crippen molar-refractivity contribution < 1.29 is 19.2 Å². The molecule has 0 fully saturated rings. The lowest BCUT2D eigenvalue weighted by Gasteiger charge is -2.15. The fourth-order valence-electron chi connectivity index (χ4n) is 3.20. The zero-order chi connectivity index (χ0) is 22.4. The molecule has 0 aliphatic rings. The number of ether oxygens (including phenoxy) is 1. The van der Waals surface area contributed by atoms with Gasteiger partial charge < -0.3 is 10.1 Å². The van der Waals surface area contributed by atoms with Gasteiger partial charge in [-0.1, -0.05) is 38.1 Å². The van der Waals surface area contributed by atoms with Crippen molar-refractivity contribution in [1.82, 2.24) is 15.1 Å². The molecule has 1 heterocycles. The second-order valence-electron chi connectivity index (χ2n) is 7.72. The van der Waals surface area contributed by atoms with E-state index in [1.54, 1.807) is 0 Å². The summed E-state index contributed by atoms with van der Waals surface area (Å²) >= 11 is 0. The number of carbonyl (C=O) groups is 2. The highest BCUT2D eigenvalue weighted by atomic mass is 16.6. The van der Waals surface area contributed by atoms with Crippen molar-refractivity contribution in [3.8, 4) is 0 Å². The fraction of sp³-hybridized carbons (Fsp3) is 0.476. The molecule has 2 rings (SSSR count). The molecule has 30 heavy (non-hydrogen) atoms. The van der Waals surface area contributed by atoms with Gasteiger partial charge in [-0.25, -0.2) is 0 Å². The van der Waals surface area contributed by atoms with Crippen LogP contribution in [0, 0.1) is 29.9 Å². The molecule has 1 atom stereocenters. The van der Waals surface area contributed by atoms with Gasteiger partial charge in [-0.3, -0.25) is 24.4 Å². The summed E-state index contributed by atoms with van der Waals surface area (Å²) in [4.78, 5) is 34.6. The summed E-state index contributed by atoms with van der Waals surface area (Å²) in [5, 5.41) is 17.8. The molecule has 0 aliphatic carbocycles. The molecule has 0 aliphatic heterocycles. The monoisotopic (exact) mass is 416 g/mol. The van der Waals surface area contributed by atoms with Crippen LogP contribution >= 0.6 is 0 Å². The van der Waals surface area contributed by atoms with Crippen LogP contribution in [-0.4, -0.2) is 33.2 Å². The van der Waals surface area contributed by atoms with Crippen LogP contribution in [0.4, 0.5) is 5.69 Å². The van der Waals surface area contributed by atoms with Gasteiger partial charge in [0.05, 0.1) is 11.0 Å². The van der Waals surface area contributed by atoms with Gasteiger partial charge in [0, 0.05) is 0 Å². The molecule has 1 aromatic heterocycles. The quantitative estimate of drug-likeness (QED) is 0.381. The molecule has 1 aromatic carbocycles. The number of aryl methyl sites for hydroxylation is 1. The highest BCUT2D eigenvalue weighted by molar-refractivity contribution is 5.80. The van der Waals surface area contributed by atoms with Crippen molar-refractivity contribution in [3.05, 3.63) is 56.9 Å². The Hall–Kier alpha value is -3.23. The number of esters is 1. The summed E-state index contributed by atoms with van der Waals surface area (Å²) in [6.45, 7) is 8.44. The van der Waals surface area contributed by atoms with Gasteiger partial charge in [-0.15, -0.1) is 0 Å². The lowest BCUT2D eigenvalue weighted by atomic mass is 10.00. The highest BCUT2D eigenvalue weighted by Gasteiger charge is 2.23. The summed E-state index contributed by atoms with van der Waals surface area (Å²) in [6.07, 6.45) is 0.995. The summed E-state index contributed by atoms with van der Waals surface area (Å²) in [7, 11) is 0. The zero-order valence-corrected chi connectivity index (χ0v) is 18.0. The van der Waals surface area contributed by atoms with Crippen LogP contribution in [0.25, 0.3) is 0 Å². The number of rotatable bonds is 9. The first kappa shape index (κ1) is 23.1. The molecule has 9 nitrogen and oxygen atoms in total. The first-order chi connectivity index (χ1) is 14.1. The number of hydrogen-bond donors (Lipinski definition) is 1.